The van der Waals surface area contributed by atoms with Gasteiger partial charge in [-0.2, -0.15) is 0 Å². The van der Waals surface area contributed by atoms with Gasteiger partial charge in [-0.05, 0) is 17.3 Å². The highest BCUT2D eigenvalue weighted by Crippen LogP contribution is 2.09. The third-order valence-corrected chi connectivity index (χ3v) is 1.76. The molecule has 0 fully saturated rings. The molecule has 0 spiro atoms. The van der Waals surface area contributed by atoms with Crippen molar-refractivity contribution in [3.63, 3.8) is 0 Å². The molecule has 1 nitrogen and oxygen atoms in total. The van der Waals surface area contributed by atoms with E-state index in [-0.39, 0.29) is 0 Å². The Balaban J connectivity index is 1.81. The molecule has 0 N–H and O–H groups in total. The van der Waals surface area contributed by atoms with Crippen LogP contribution in [-0.4, -0.2) is 16.7 Å². The summed E-state index contributed by atoms with van der Waals surface area (Å²) in [6.45, 7) is 0. The highest BCUT2D eigenvalue weighted by atomic mass is 127. The maximum atomic E-state index is 4.01. The molecular formula is C5H8IN. The summed E-state index contributed by atoms with van der Waals surface area (Å²) < 4.78 is 1.28. The third-order valence-electron chi connectivity index (χ3n) is 0.993. The van der Waals surface area contributed by atoms with E-state index in [2.05, 4.69) is 27.6 Å². The van der Waals surface area contributed by atoms with Crippen molar-refractivity contribution in [3.8, 4) is 0 Å². The zero-order chi connectivity index (χ0) is 5.11. The second-order valence-corrected chi connectivity index (χ2v) is 2.78. The van der Waals surface area contributed by atoms with Gasteiger partial charge in [0.1, 0.15) is 0 Å². The predicted octanol–water partition coefficient (Wildman–Crippen LogP) is 1.65. The van der Waals surface area contributed by atoms with Crippen molar-refractivity contribution in [2.24, 2.45) is 4.99 Å². The molecule has 0 saturated heterocycles. The van der Waals surface area contributed by atoms with Crippen LogP contribution in [0.1, 0.15) is 12.8 Å². The Morgan fingerprint density at radius 1 is 1.71 bits per heavy atom. The minimum absolute atomic E-state index is 0.648. The van der Waals surface area contributed by atoms with Gasteiger partial charge in [0.15, 0.2) is 0 Å². The first-order valence-electron chi connectivity index (χ1n) is 2.53. The summed E-state index contributed by atoms with van der Waals surface area (Å²) in [4.78, 5) is 4.01. The Bertz CT molecular complexity index is 74.1. The molecule has 0 aliphatic carbocycles. The monoisotopic (exact) mass is 209 g/mol. The van der Waals surface area contributed by atoms with Gasteiger partial charge in [-0.25, -0.2) is 0 Å². The van der Waals surface area contributed by atoms with Crippen molar-refractivity contribution < 1.29 is 0 Å². The van der Waals surface area contributed by atoms with Gasteiger partial charge in [0.05, 0.1) is 6.04 Å². The Morgan fingerprint density at radius 3 is 2.86 bits per heavy atom. The molecule has 0 amide bonds. The van der Waals surface area contributed by atoms with Crippen molar-refractivity contribution in [2.45, 2.75) is 18.9 Å². The number of nitrogens with zero attached hydrogens (tertiary/aromatic N) is 1. The van der Waals surface area contributed by atoms with Crippen LogP contribution in [0.2, 0.25) is 0 Å². The summed E-state index contributed by atoms with van der Waals surface area (Å²) in [6, 6.07) is 0.648. The second-order valence-electron chi connectivity index (χ2n) is 1.70. The molecule has 0 aromatic heterocycles. The SMILES string of the molecule is ICCCC1C=N1. The van der Waals surface area contributed by atoms with E-state index in [1.165, 1.54) is 17.3 Å². The fraction of sp³-hybridized carbons (Fsp3) is 0.800. The second kappa shape index (κ2) is 2.64. The molecule has 0 aromatic carbocycles. The lowest BCUT2D eigenvalue weighted by Gasteiger charge is -1.86. The minimum atomic E-state index is 0.648. The Morgan fingerprint density at radius 2 is 2.43 bits per heavy atom. The summed E-state index contributed by atoms with van der Waals surface area (Å²) in [5.74, 6) is 0. The maximum absolute atomic E-state index is 4.01. The van der Waals surface area contributed by atoms with Crippen molar-refractivity contribution in [1.82, 2.24) is 0 Å². The average Bonchev–Trinajstić information content (AvgIpc) is 2.42. The normalized spacial score (nSPS) is 25.6. The molecule has 0 saturated carbocycles. The highest BCUT2D eigenvalue weighted by molar-refractivity contribution is 14.1. The molecule has 1 atom stereocenters. The Hall–Kier alpha value is 0.400. The van der Waals surface area contributed by atoms with E-state index in [0.717, 1.165) is 0 Å². The lowest BCUT2D eigenvalue weighted by molar-refractivity contribution is 0.814. The lowest BCUT2D eigenvalue weighted by Crippen LogP contribution is -1.86. The van der Waals surface area contributed by atoms with Crippen molar-refractivity contribution >= 4 is 28.8 Å². The van der Waals surface area contributed by atoms with E-state index in [1.54, 1.807) is 0 Å². The summed E-state index contributed by atoms with van der Waals surface area (Å²) >= 11 is 2.39. The molecule has 1 unspecified atom stereocenters. The molecule has 1 heterocycles. The van der Waals surface area contributed by atoms with Crippen molar-refractivity contribution in [1.29, 1.82) is 0 Å². The van der Waals surface area contributed by atoms with Crippen LogP contribution in [0.15, 0.2) is 4.99 Å². The Labute approximate surface area is 57.4 Å². The number of rotatable bonds is 3. The van der Waals surface area contributed by atoms with Crippen LogP contribution in [0.25, 0.3) is 0 Å². The van der Waals surface area contributed by atoms with E-state index in [1.807, 2.05) is 6.21 Å². The number of hydrogen-bond acceptors (Lipinski definition) is 1. The van der Waals surface area contributed by atoms with Crippen LogP contribution in [0.5, 0.6) is 0 Å². The molecular weight excluding hydrogens is 201 g/mol. The van der Waals surface area contributed by atoms with E-state index >= 15 is 0 Å². The molecule has 1 rings (SSSR count). The first-order valence-corrected chi connectivity index (χ1v) is 4.05. The quantitative estimate of drug-likeness (QED) is 0.495. The zero-order valence-corrected chi connectivity index (χ0v) is 6.26. The van der Waals surface area contributed by atoms with Gasteiger partial charge < -0.3 is 0 Å². The maximum Gasteiger partial charge on any atom is 0.0843 e. The van der Waals surface area contributed by atoms with Crippen LogP contribution < -0.4 is 0 Å². The number of aliphatic imine (C=N–C) groups is 1. The van der Waals surface area contributed by atoms with Crippen LogP contribution in [0.3, 0.4) is 0 Å². The van der Waals surface area contributed by atoms with Gasteiger partial charge in [0, 0.05) is 6.21 Å². The molecule has 2 heteroatoms. The Kier molecular flexibility index (Phi) is 2.09. The molecule has 1 aliphatic rings. The molecule has 7 heavy (non-hydrogen) atoms. The predicted molar refractivity (Wildman–Crippen MR) is 40.4 cm³/mol. The number of halogens is 1. The molecule has 40 valence electrons. The van der Waals surface area contributed by atoms with Crippen LogP contribution in [0, 0.1) is 0 Å². The largest absolute Gasteiger partial charge is 0.286 e. The van der Waals surface area contributed by atoms with Gasteiger partial charge in [0.25, 0.3) is 0 Å². The fourth-order valence-corrected chi connectivity index (χ4v) is 0.937. The number of hydrogen-bond donors (Lipinski definition) is 0. The van der Waals surface area contributed by atoms with Crippen LogP contribution in [-0.2, 0) is 0 Å². The molecule has 0 bridgehead atoms. The van der Waals surface area contributed by atoms with Crippen molar-refractivity contribution in [3.05, 3.63) is 0 Å². The zero-order valence-electron chi connectivity index (χ0n) is 4.10. The van der Waals surface area contributed by atoms with E-state index in [9.17, 15) is 0 Å². The summed E-state index contributed by atoms with van der Waals surface area (Å²) in [5, 5.41) is 0. The van der Waals surface area contributed by atoms with E-state index in [4.69, 9.17) is 0 Å². The van der Waals surface area contributed by atoms with Gasteiger partial charge in [-0.15, -0.1) is 0 Å². The minimum Gasteiger partial charge on any atom is -0.286 e. The third kappa shape index (κ3) is 2.26. The van der Waals surface area contributed by atoms with Crippen LogP contribution >= 0.6 is 22.6 Å². The van der Waals surface area contributed by atoms with E-state index < -0.39 is 0 Å². The first-order chi connectivity index (χ1) is 3.43. The molecule has 0 aromatic rings. The topological polar surface area (TPSA) is 12.4 Å². The van der Waals surface area contributed by atoms with Crippen molar-refractivity contribution in [2.75, 3.05) is 4.43 Å². The lowest BCUT2D eigenvalue weighted by atomic mass is 10.3. The summed E-state index contributed by atoms with van der Waals surface area (Å²) in [6.07, 6.45) is 4.63. The van der Waals surface area contributed by atoms with Gasteiger partial charge >= 0.3 is 0 Å². The summed E-state index contributed by atoms with van der Waals surface area (Å²) in [7, 11) is 0. The average molecular weight is 209 g/mol. The summed E-state index contributed by atoms with van der Waals surface area (Å²) in [5.41, 5.74) is 0. The number of alkyl halides is 1. The molecule has 0 radical (unpaired) electrons. The van der Waals surface area contributed by atoms with Crippen LogP contribution in [0.4, 0.5) is 0 Å². The molecule has 1 aliphatic heterocycles. The van der Waals surface area contributed by atoms with Gasteiger partial charge in [-0.3, -0.25) is 4.99 Å². The van der Waals surface area contributed by atoms with E-state index in [0.29, 0.717) is 6.04 Å². The van der Waals surface area contributed by atoms with Gasteiger partial charge in [-0.1, -0.05) is 22.6 Å². The smallest absolute Gasteiger partial charge is 0.0843 e. The standard InChI is InChI=1S/C5H8IN/c6-3-1-2-5-4-7-5/h4-5H,1-3H2. The first kappa shape index (κ1) is 5.54. The van der Waals surface area contributed by atoms with Gasteiger partial charge in [0.2, 0.25) is 0 Å². The fourth-order valence-electron chi connectivity index (χ4n) is 0.496. The highest BCUT2D eigenvalue weighted by Gasteiger charge is 2.10.